The summed E-state index contributed by atoms with van der Waals surface area (Å²) in [6, 6.07) is 5.42. The molecule has 2 heterocycles. The molecule has 3 rings (SSSR count). The van der Waals surface area contributed by atoms with Crippen molar-refractivity contribution in [1.82, 2.24) is 15.3 Å². The summed E-state index contributed by atoms with van der Waals surface area (Å²) < 4.78 is 16.8. The largest absolute Gasteiger partial charge is 0.474 e. The van der Waals surface area contributed by atoms with Crippen molar-refractivity contribution in [1.29, 1.82) is 0 Å². The molecule has 1 amide bonds. The van der Waals surface area contributed by atoms with E-state index in [0.29, 0.717) is 43.6 Å². The van der Waals surface area contributed by atoms with Crippen LogP contribution < -0.4 is 10.1 Å². The van der Waals surface area contributed by atoms with Crippen LogP contribution >= 0.6 is 11.6 Å². The molecule has 1 N–H and O–H groups in total. The molecule has 0 aliphatic heterocycles. The molecule has 0 spiro atoms. The highest BCUT2D eigenvalue weighted by Crippen LogP contribution is 2.34. The normalized spacial score (nSPS) is 19.1. The second-order valence-corrected chi connectivity index (χ2v) is 6.70. The van der Waals surface area contributed by atoms with Crippen LogP contribution in [0.25, 0.3) is 10.9 Å². The molecule has 0 bridgehead atoms. The van der Waals surface area contributed by atoms with E-state index in [2.05, 4.69) is 15.3 Å². The number of nitrogens with zero attached hydrogens (tertiary/aromatic N) is 2. The first-order chi connectivity index (χ1) is 13.1. The minimum atomic E-state index is -0.411. The van der Waals surface area contributed by atoms with E-state index < -0.39 is 6.29 Å². The number of pyridine rings is 2. The molecule has 0 saturated heterocycles. The molecule has 7 nitrogen and oxygen atoms in total. The summed E-state index contributed by atoms with van der Waals surface area (Å²) in [5.41, 5.74) is 0.735. The zero-order valence-electron chi connectivity index (χ0n) is 15.5. The Kier molecular flexibility index (Phi) is 6.82. The van der Waals surface area contributed by atoms with Crippen LogP contribution in [0.5, 0.6) is 5.88 Å². The summed E-state index contributed by atoms with van der Waals surface area (Å²) in [6.45, 7) is 5.20. The van der Waals surface area contributed by atoms with E-state index in [1.807, 2.05) is 26.0 Å². The van der Waals surface area contributed by atoms with Gasteiger partial charge in [0.15, 0.2) is 6.29 Å². The molecule has 1 saturated carbocycles. The number of rotatable bonds is 9. The third-order valence-electron chi connectivity index (χ3n) is 4.43. The number of ether oxygens (including phenoxy) is 3. The van der Waals surface area contributed by atoms with Gasteiger partial charge in [0.25, 0.3) is 0 Å². The molecule has 2 aromatic heterocycles. The maximum Gasteiger partial charge on any atom is 0.224 e. The van der Waals surface area contributed by atoms with Crippen molar-refractivity contribution >= 4 is 28.4 Å². The number of amides is 1. The number of hydrogen-bond acceptors (Lipinski definition) is 6. The van der Waals surface area contributed by atoms with E-state index in [4.69, 9.17) is 25.8 Å². The maximum absolute atomic E-state index is 12.3. The maximum atomic E-state index is 12.3. The highest BCUT2D eigenvalue weighted by Gasteiger charge is 2.36. The Morgan fingerprint density at radius 1 is 1.33 bits per heavy atom. The van der Waals surface area contributed by atoms with E-state index in [0.717, 1.165) is 10.9 Å². The molecular weight excluding hydrogens is 370 g/mol. The zero-order valence-corrected chi connectivity index (χ0v) is 16.2. The first-order valence-corrected chi connectivity index (χ1v) is 9.57. The Morgan fingerprint density at radius 2 is 2.07 bits per heavy atom. The zero-order chi connectivity index (χ0) is 19.2. The Balaban J connectivity index is 1.51. The molecule has 1 aliphatic rings. The topological polar surface area (TPSA) is 82.6 Å². The quantitative estimate of drug-likeness (QED) is 0.521. The minimum absolute atomic E-state index is 0.00941. The lowest BCUT2D eigenvalue weighted by Gasteiger charge is -2.34. The highest BCUT2D eigenvalue weighted by atomic mass is 35.5. The summed E-state index contributed by atoms with van der Waals surface area (Å²) >= 11 is 6.05. The van der Waals surface area contributed by atoms with Crippen LogP contribution in [0.15, 0.2) is 24.4 Å². The lowest BCUT2D eigenvalue weighted by molar-refractivity contribution is -0.145. The predicted molar refractivity (Wildman–Crippen MR) is 102 cm³/mol. The van der Waals surface area contributed by atoms with Crippen molar-refractivity contribution in [2.45, 2.75) is 39.1 Å². The third kappa shape index (κ3) is 5.06. The molecule has 0 atom stereocenters. The van der Waals surface area contributed by atoms with E-state index >= 15 is 0 Å². The average molecular weight is 394 g/mol. The van der Waals surface area contributed by atoms with Gasteiger partial charge in [0.2, 0.25) is 11.8 Å². The first kappa shape index (κ1) is 19.8. The fourth-order valence-corrected chi connectivity index (χ4v) is 3.19. The smallest absolute Gasteiger partial charge is 0.224 e. The molecule has 0 aromatic carbocycles. The van der Waals surface area contributed by atoms with Crippen LogP contribution in [0.3, 0.4) is 0 Å². The average Bonchev–Trinajstić information content (AvgIpc) is 2.62. The molecule has 27 heavy (non-hydrogen) atoms. The van der Waals surface area contributed by atoms with Crippen LogP contribution in [0.2, 0.25) is 5.15 Å². The number of halogens is 1. The Bertz CT molecular complexity index is 777. The van der Waals surface area contributed by atoms with Gasteiger partial charge in [-0.05, 0) is 38.8 Å². The second kappa shape index (κ2) is 9.30. The Labute approximate surface area is 163 Å². The second-order valence-electron chi connectivity index (χ2n) is 6.31. The summed E-state index contributed by atoms with van der Waals surface area (Å²) in [5, 5.41) is 4.03. The van der Waals surface area contributed by atoms with Crippen molar-refractivity contribution in [3.8, 4) is 5.88 Å². The van der Waals surface area contributed by atoms with Crippen molar-refractivity contribution < 1.29 is 19.0 Å². The third-order valence-corrected chi connectivity index (χ3v) is 4.62. The van der Waals surface area contributed by atoms with Crippen LogP contribution in [-0.4, -0.2) is 48.0 Å². The van der Waals surface area contributed by atoms with Crippen molar-refractivity contribution in [2.24, 2.45) is 5.92 Å². The number of nitrogens with one attached hydrogen (secondary N) is 1. The van der Waals surface area contributed by atoms with Gasteiger partial charge in [0.1, 0.15) is 11.3 Å². The number of aromatic nitrogens is 2. The number of carbonyl (C=O) groups excluding carboxylic acids is 1. The fourth-order valence-electron chi connectivity index (χ4n) is 3.01. The van der Waals surface area contributed by atoms with Crippen molar-refractivity contribution in [2.75, 3.05) is 19.8 Å². The Hall–Kier alpha value is -1.96. The summed E-state index contributed by atoms with van der Waals surface area (Å²) in [4.78, 5) is 20.8. The van der Waals surface area contributed by atoms with Gasteiger partial charge in [-0.25, -0.2) is 4.98 Å². The Morgan fingerprint density at radius 3 is 2.78 bits per heavy atom. The van der Waals surface area contributed by atoms with Gasteiger partial charge in [-0.3, -0.25) is 9.78 Å². The van der Waals surface area contributed by atoms with Crippen molar-refractivity contribution in [3.63, 3.8) is 0 Å². The fraction of sp³-hybridized carbons (Fsp3) is 0.526. The van der Waals surface area contributed by atoms with E-state index in [1.165, 1.54) is 0 Å². The van der Waals surface area contributed by atoms with Crippen LogP contribution in [0.4, 0.5) is 0 Å². The van der Waals surface area contributed by atoms with Crippen molar-refractivity contribution in [3.05, 3.63) is 29.5 Å². The summed E-state index contributed by atoms with van der Waals surface area (Å²) in [7, 11) is 0. The van der Waals surface area contributed by atoms with Gasteiger partial charge in [-0.2, -0.15) is 0 Å². The SMILES string of the molecule is CCOC(CNC(=O)[C@H]1C[C@@H](Oc2nc(Cl)cc3ncccc23)C1)OCC. The monoisotopic (exact) mass is 393 g/mol. The van der Waals surface area contributed by atoms with Gasteiger partial charge >= 0.3 is 0 Å². The summed E-state index contributed by atoms with van der Waals surface area (Å²) in [5.74, 6) is 0.370. The molecular formula is C19H24ClN3O4. The predicted octanol–water partition coefficient (Wildman–Crippen LogP) is 2.96. The minimum Gasteiger partial charge on any atom is -0.474 e. The number of carbonyl (C=O) groups is 1. The van der Waals surface area contributed by atoms with Gasteiger partial charge in [-0.15, -0.1) is 0 Å². The molecule has 8 heteroatoms. The molecule has 1 fully saturated rings. The number of hydrogen-bond donors (Lipinski definition) is 1. The number of fused-ring (bicyclic) bond motifs is 1. The van der Waals surface area contributed by atoms with Gasteiger partial charge in [-0.1, -0.05) is 11.6 Å². The summed E-state index contributed by atoms with van der Waals surface area (Å²) in [6.07, 6.45) is 2.49. The molecule has 146 valence electrons. The van der Waals surface area contributed by atoms with E-state index in [1.54, 1.807) is 12.3 Å². The van der Waals surface area contributed by atoms with E-state index in [-0.39, 0.29) is 17.9 Å². The molecule has 2 aromatic rings. The molecule has 0 radical (unpaired) electrons. The van der Waals surface area contributed by atoms with Crippen LogP contribution in [0.1, 0.15) is 26.7 Å². The standard InChI is InChI=1S/C19H24ClN3O4/c1-3-25-17(26-4-2)11-22-18(24)12-8-13(9-12)27-19-14-6-5-7-21-15(14)10-16(20)23-19/h5-7,10,12-13,17H,3-4,8-9,11H2,1-2H3,(H,22,24)/t12-,13+. The van der Waals surface area contributed by atoms with Gasteiger partial charge in [0.05, 0.1) is 17.4 Å². The van der Waals surface area contributed by atoms with E-state index in [9.17, 15) is 4.79 Å². The molecule has 1 aliphatic carbocycles. The lowest BCUT2D eigenvalue weighted by atomic mass is 9.81. The van der Waals surface area contributed by atoms with Gasteiger partial charge < -0.3 is 19.5 Å². The first-order valence-electron chi connectivity index (χ1n) is 9.19. The lowest BCUT2D eigenvalue weighted by Crippen LogP contribution is -2.46. The molecule has 0 unspecified atom stereocenters. The van der Waals surface area contributed by atoms with Crippen LogP contribution in [-0.2, 0) is 14.3 Å². The van der Waals surface area contributed by atoms with Gasteiger partial charge in [0, 0.05) is 31.4 Å². The van der Waals surface area contributed by atoms with Crippen LogP contribution in [0, 0.1) is 5.92 Å². The highest BCUT2D eigenvalue weighted by molar-refractivity contribution is 6.30.